The zero-order valence-corrected chi connectivity index (χ0v) is 29.1. The number of rotatable bonds is 7. The van der Waals surface area contributed by atoms with Gasteiger partial charge < -0.3 is 24.8 Å². The van der Waals surface area contributed by atoms with Crippen molar-refractivity contribution in [1.82, 2.24) is 20.2 Å². The highest BCUT2D eigenvalue weighted by atomic mass is 32.1. The molecule has 2 aliphatic carbocycles. The quantitative estimate of drug-likeness (QED) is 0.223. The number of carboxylic acids is 1. The number of Topliss-reactive ketones (excluding diaryl/α,β-unsaturated/α-hetero) is 2. The fraction of sp³-hybridized carbons (Fsp3) is 0.500. The summed E-state index contributed by atoms with van der Waals surface area (Å²) in [5.74, 6) is -3.51. The number of para-hydroxylation sites is 2. The Morgan fingerprint density at radius 3 is 2.45 bits per heavy atom. The predicted octanol–water partition coefficient (Wildman–Crippen LogP) is 5.88. The monoisotopic (exact) mass is 714 g/mol. The van der Waals surface area contributed by atoms with Crippen LogP contribution in [0.2, 0.25) is 0 Å². The third kappa shape index (κ3) is 7.53. The molecule has 1 unspecified atom stereocenters. The largest absolute Gasteiger partial charge is 0.475 e. The van der Waals surface area contributed by atoms with E-state index in [1.54, 1.807) is 0 Å². The summed E-state index contributed by atoms with van der Waals surface area (Å²) in [5, 5.41) is 14.5. The Kier molecular flexibility index (Phi) is 10.2. The number of aromatic nitrogens is 2. The number of benzene rings is 1. The van der Waals surface area contributed by atoms with Crippen molar-refractivity contribution in [2.24, 2.45) is 11.3 Å². The molecule has 268 valence electrons. The molecular weight excluding hydrogens is 673 g/mol. The van der Waals surface area contributed by atoms with Crippen molar-refractivity contribution in [2.75, 3.05) is 6.54 Å². The summed E-state index contributed by atoms with van der Waals surface area (Å²) in [5.41, 5.74) is 0.502. The lowest BCUT2D eigenvalue weighted by atomic mass is 9.88. The van der Waals surface area contributed by atoms with Crippen LogP contribution in [0.25, 0.3) is 21.6 Å². The van der Waals surface area contributed by atoms with Gasteiger partial charge in [-0.15, -0.1) is 11.3 Å². The van der Waals surface area contributed by atoms with Crippen LogP contribution in [0.5, 0.6) is 5.88 Å². The van der Waals surface area contributed by atoms with Crippen LogP contribution in [0.1, 0.15) is 77.0 Å². The number of carbonyl (C=O) groups excluding carboxylic acids is 4. The van der Waals surface area contributed by atoms with E-state index in [0.717, 1.165) is 49.8 Å². The smallest absolute Gasteiger partial charge is 0.408 e. The molecule has 2 aliphatic heterocycles. The van der Waals surface area contributed by atoms with E-state index in [1.807, 2.05) is 53.9 Å². The molecule has 1 saturated heterocycles. The van der Waals surface area contributed by atoms with E-state index in [1.165, 1.54) is 16.2 Å². The zero-order valence-electron chi connectivity index (χ0n) is 28.3. The highest BCUT2D eigenvalue weighted by Gasteiger charge is 2.62. The van der Waals surface area contributed by atoms with E-state index in [9.17, 15) is 29.1 Å². The van der Waals surface area contributed by atoms with Gasteiger partial charge in [-0.05, 0) is 80.9 Å². The molecule has 4 aliphatic rings. The van der Waals surface area contributed by atoms with E-state index < -0.39 is 53.1 Å². The Balaban J connectivity index is 1.20. The number of ether oxygens (including phenoxy) is 2. The van der Waals surface area contributed by atoms with Gasteiger partial charge in [0.05, 0.1) is 33.9 Å². The first-order chi connectivity index (χ1) is 24.7. The third-order valence-corrected chi connectivity index (χ3v) is 11.5. The van der Waals surface area contributed by atoms with Crippen molar-refractivity contribution in [3.8, 4) is 16.5 Å². The van der Waals surface area contributed by atoms with Crippen molar-refractivity contribution in [3.05, 3.63) is 53.9 Å². The second kappa shape index (κ2) is 14.9. The summed E-state index contributed by atoms with van der Waals surface area (Å²) in [6, 6.07) is 9.31. The molecule has 4 heterocycles. The molecule has 2 saturated carbocycles. The molecule has 1 aromatic carbocycles. The summed E-state index contributed by atoms with van der Waals surface area (Å²) in [6.07, 6.45) is 9.20. The number of nitrogens with one attached hydrogen (secondary N) is 1. The van der Waals surface area contributed by atoms with Gasteiger partial charge in [-0.3, -0.25) is 14.4 Å². The van der Waals surface area contributed by atoms with Crippen LogP contribution in [0.4, 0.5) is 4.79 Å². The molecule has 13 heteroatoms. The number of carboxylic acid groups (broad SMARTS) is 1. The average Bonchev–Trinajstić information content (AvgIpc) is 3.62. The van der Waals surface area contributed by atoms with Crippen LogP contribution in [-0.4, -0.2) is 80.3 Å². The van der Waals surface area contributed by atoms with Crippen molar-refractivity contribution in [2.45, 2.75) is 101 Å². The highest BCUT2D eigenvalue weighted by Crippen LogP contribution is 2.57. The molecule has 2 aromatic heterocycles. The van der Waals surface area contributed by atoms with E-state index in [4.69, 9.17) is 19.4 Å². The van der Waals surface area contributed by atoms with Crippen LogP contribution in [-0.2, 0) is 23.9 Å². The summed E-state index contributed by atoms with van der Waals surface area (Å²) in [7, 11) is 0. The Bertz CT molecular complexity index is 1840. The molecule has 7 rings (SSSR count). The molecule has 0 radical (unpaired) electrons. The number of aliphatic carboxylic acids is 1. The lowest BCUT2D eigenvalue weighted by Crippen LogP contribution is -2.52. The van der Waals surface area contributed by atoms with Gasteiger partial charge in [-0.25, -0.2) is 19.6 Å². The lowest BCUT2D eigenvalue weighted by Gasteiger charge is -2.29. The number of alkyl carbamates (subject to hydrolysis) is 1. The van der Waals surface area contributed by atoms with Crippen LogP contribution in [0, 0.1) is 11.3 Å². The lowest BCUT2D eigenvalue weighted by molar-refractivity contribution is -0.152. The van der Waals surface area contributed by atoms with Crippen LogP contribution in [0.3, 0.4) is 0 Å². The summed E-state index contributed by atoms with van der Waals surface area (Å²) < 4.78 is 12.2. The third-order valence-electron chi connectivity index (χ3n) is 10.7. The van der Waals surface area contributed by atoms with Gasteiger partial charge in [0.2, 0.25) is 17.6 Å². The van der Waals surface area contributed by atoms with E-state index in [0.29, 0.717) is 29.6 Å². The normalized spacial score (nSPS) is 27.9. The molecule has 5 atom stereocenters. The first-order valence-corrected chi connectivity index (χ1v) is 18.8. The van der Waals surface area contributed by atoms with E-state index >= 15 is 0 Å². The van der Waals surface area contributed by atoms with Crippen LogP contribution >= 0.6 is 11.3 Å². The maximum atomic E-state index is 14.5. The Labute approximate surface area is 299 Å². The number of amides is 2. The Hall–Kier alpha value is -4.65. The van der Waals surface area contributed by atoms with Crippen molar-refractivity contribution in [3.63, 3.8) is 0 Å². The molecule has 3 fully saturated rings. The van der Waals surface area contributed by atoms with E-state index in [-0.39, 0.29) is 43.7 Å². The summed E-state index contributed by atoms with van der Waals surface area (Å²) in [4.78, 5) is 78.8. The number of thiophene rings is 1. The maximum absolute atomic E-state index is 14.5. The van der Waals surface area contributed by atoms with E-state index in [2.05, 4.69) is 5.32 Å². The molecule has 2 N–H and O–H groups in total. The standard InChI is InChI=1S/C38H42N4O8S/c43-30-21-38(33(44)36(46)47)20-23(38)11-4-2-1-3-5-16-28(41-37(48)50-24-12-6-7-13-24)35(45)42-22-25(19-29(30)42)49-34-32(31-17-10-18-51-31)39-26-14-8-9-15-27(26)40-34/h4,8-11,14-15,17-18,23-25,28-29H,1-3,5-7,12-13,16,19-22H2,(H,41,48)(H,46,47)/b11-4-/t23?,25-,28+,29+,38-/m1/s1. The van der Waals surface area contributed by atoms with Crippen LogP contribution < -0.4 is 10.1 Å². The second-order valence-electron chi connectivity index (χ2n) is 14.1. The number of nitrogens with zero attached hydrogens (tertiary/aromatic N) is 3. The SMILES string of the molecule is O=C(N[C@H]1CCCCC/C=C\C2C[C@@]2(C(=O)C(=O)O)CC(=O)[C@@H]2C[C@@H](Oc3nc4ccccc4nc3-c3cccs3)CN2C1=O)OC1CCCC1. The maximum Gasteiger partial charge on any atom is 0.408 e. The summed E-state index contributed by atoms with van der Waals surface area (Å²) in [6.45, 7) is 0.0205. The van der Waals surface area contributed by atoms with Gasteiger partial charge in [0, 0.05) is 12.8 Å². The number of allylic oxidation sites excluding steroid dienone is 2. The predicted molar refractivity (Wildman–Crippen MR) is 188 cm³/mol. The molecule has 0 bridgehead atoms. The number of hydrogen-bond donors (Lipinski definition) is 2. The van der Waals surface area contributed by atoms with Gasteiger partial charge in [0.25, 0.3) is 0 Å². The van der Waals surface area contributed by atoms with Gasteiger partial charge in [0.15, 0.2) is 5.78 Å². The minimum Gasteiger partial charge on any atom is -0.475 e. The molecular formula is C38H42N4O8S. The van der Waals surface area contributed by atoms with Crippen LogP contribution in [0.15, 0.2) is 53.9 Å². The number of carbonyl (C=O) groups is 5. The molecule has 51 heavy (non-hydrogen) atoms. The number of ketones is 2. The van der Waals surface area contributed by atoms with Gasteiger partial charge in [-0.1, -0.05) is 43.2 Å². The molecule has 2 amide bonds. The fourth-order valence-corrected chi connectivity index (χ4v) is 8.55. The topological polar surface area (TPSA) is 165 Å². The number of fused-ring (bicyclic) bond motifs is 3. The van der Waals surface area contributed by atoms with Gasteiger partial charge in [0.1, 0.15) is 23.9 Å². The highest BCUT2D eigenvalue weighted by molar-refractivity contribution is 7.13. The molecule has 3 aromatic rings. The van der Waals surface area contributed by atoms with Gasteiger partial charge in [-0.2, -0.15) is 0 Å². The van der Waals surface area contributed by atoms with Gasteiger partial charge >= 0.3 is 12.1 Å². The Morgan fingerprint density at radius 2 is 1.71 bits per heavy atom. The molecule has 12 nitrogen and oxygen atoms in total. The van der Waals surface area contributed by atoms with Crippen molar-refractivity contribution >= 4 is 51.9 Å². The molecule has 0 spiro atoms. The summed E-state index contributed by atoms with van der Waals surface area (Å²) >= 11 is 1.48. The minimum absolute atomic E-state index is 0.0205. The van der Waals surface area contributed by atoms with Crippen molar-refractivity contribution < 1.29 is 38.6 Å². The Morgan fingerprint density at radius 1 is 0.941 bits per heavy atom. The first-order valence-electron chi connectivity index (χ1n) is 17.9. The number of hydrogen-bond acceptors (Lipinski definition) is 10. The second-order valence-corrected chi connectivity index (χ2v) is 15.1. The van der Waals surface area contributed by atoms with Crippen molar-refractivity contribution in [1.29, 1.82) is 0 Å². The zero-order chi connectivity index (χ0) is 35.5. The minimum atomic E-state index is -1.57. The first kappa shape index (κ1) is 34.8. The average molecular weight is 715 g/mol. The fourth-order valence-electron chi connectivity index (χ4n) is 7.84.